The Balaban J connectivity index is 1.99. The molecule has 3 rings (SSSR count). The Hall–Kier alpha value is -1.65. The van der Waals surface area contributed by atoms with E-state index in [-0.39, 0.29) is 18.3 Å². The Labute approximate surface area is 139 Å². The lowest BCUT2D eigenvalue weighted by atomic mass is 9.74. The third kappa shape index (κ3) is 2.82. The fourth-order valence-corrected chi connectivity index (χ4v) is 2.90. The molecule has 1 aliphatic heterocycles. The van der Waals surface area contributed by atoms with Gasteiger partial charge >= 0.3 is 7.12 Å². The molecule has 0 spiro atoms. The van der Waals surface area contributed by atoms with Crippen LogP contribution in [0, 0.1) is 13.8 Å². The van der Waals surface area contributed by atoms with Gasteiger partial charge in [-0.1, -0.05) is 17.7 Å². The van der Waals surface area contributed by atoms with Gasteiger partial charge in [0.2, 0.25) is 0 Å². The average molecular weight is 309 g/mol. The van der Waals surface area contributed by atoms with Crippen LogP contribution in [0.1, 0.15) is 38.8 Å². The van der Waals surface area contributed by atoms with Crippen molar-refractivity contribution in [3.63, 3.8) is 0 Å². The smallest absolute Gasteiger partial charge is 0.399 e. The zero-order valence-corrected chi connectivity index (χ0v) is 14.8. The number of nitrogens with zero attached hydrogens (tertiary/aromatic N) is 1. The molecule has 1 saturated heterocycles. The van der Waals surface area contributed by atoms with E-state index in [1.54, 1.807) is 0 Å². The van der Waals surface area contributed by atoms with E-state index in [4.69, 9.17) is 9.31 Å². The van der Waals surface area contributed by atoms with Crippen LogP contribution in [0.15, 0.2) is 36.7 Å². The molecule has 1 aromatic carbocycles. The minimum atomic E-state index is -0.318. The molecule has 0 atom stereocenters. The van der Waals surface area contributed by atoms with E-state index in [1.165, 1.54) is 22.3 Å². The van der Waals surface area contributed by atoms with Crippen molar-refractivity contribution in [1.82, 2.24) is 4.98 Å². The Kier molecular flexibility index (Phi) is 3.85. The number of hydrogen-bond donors (Lipinski definition) is 0. The summed E-state index contributed by atoms with van der Waals surface area (Å²) in [5, 5.41) is 0. The van der Waals surface area contributed by atoms with Gasteiger partial charge in [-0.25, -0.2) is 0 Å². The molecule has 23 heavy (non-hydrogen) atoms. The van der Waals surface area contributed by atoms with E-state index in [0.29, 0.717) is 0 Å². The summed E-state index contributed by atoms with van der Waals surface area (Å²) in [7, 11) is -0.315. The van der Waals surface area contributed by atoms with Crippen molar-refractivity contribution >= 4 is 12.6 Å². The van der Waals surface area contributed by atoms with Crippen LogP contribution in [0.3, 0.4) is 0 Å². The van der Waals surface area contributed by atoms with Crippen LogP contribution in [0.2, 0.25) is 0 Å². The molecule has 0 amide bonds. The third-order valence-corrected chi connectivity index (χ3v) is 5.11. The summed E-state index contributed by atoms with van der Waals surface area (Å²) in [5.74, 6) is 0. The van der Waals surface area contributed by atoms with Gasteiger partial charge in [-0.05, 0) is 75.8 Å². The number of aromatic nitrogens is 1. The van der Waals surface area contributed by atoms with Crippen LogP contribution < -0.4 is 5.46 Å². The van der Waals surface area contributed by atoms with Crippen molar-refractivity contribution in [2.75, 3.05) is 0 Å². The average Bonchev–Trinajstić information content (AvgIpc) is 2.70. The zero-order chi connectivity index (χ0) is 16.8. The molecule has 1 aliphatic rings. The fourth-order valence-electron chi connectivity index (χ4n) is 2.90. The minimum absolute atomic E-state index is 0.315. The molecule has 4 heteroatoms. The van der Waals surface area contributed by atoms with Gasteiger partial charge in [0.1, 0.15) is 0 Å². The Morgan fingerprint density at radius 1 is 0.870 bits per heavy atom. The number of rotatable bonds is 2. The molecule has 1 aromatic heterocycles. The highest BCUT2D eigenvalue weighted by molar-refractivity contribution is 6.62. The SMILES string of the molecule is Cc1cc(-c2ccncc2)c(C)cc1B1OC(C)(C)C(C)(C)O1. The number of pyridine rings is 1. The topological polar surface area (TPSA) is 31.4 Å². The zero-order valence-electron chi connectivity index (χ0n) is 14.8. The standard InChI is InChI=1S/C19H24BNO2/c1-13-12-17(20-22-18(3,4)19(5,6)23-20)14(2)11-16(13)15-7-9-21-10-8-15/h7-12H,1-6H3. The largest absolute Gasteiger partial charge is 0.495 e. The molecular formula is C19H24BNO2. The minimum Gasteiger partial charge on any atom is -0.399 e. The summed E-state index contributed by atoms with van der Waals surface area (Å²) in [4.78, 5) is 4.10. The van der Waals surface area contributed by atoms with Crippen molar-refractivity contribution in [1.29, 1.82) is 0 Å². The first-order valence-corrected chi connectivity index (χ1v) is 8.08. The lowest BCUT2D eigenvalue weighted by Gasteiger charge is -2.32. The normalized spacial score (nSPS) is 19.1. The molecule has 2 heterocycles. The summed E-state index contributed by atoms with van der Waals surface area (Å²) in [6, 6.07) is 8.48. The predicted octanol–water partition coefficient (Wildman–Crippen LogP) is 3.66. The monoisotopic (exact) mass is 309 g/mol. The molecule has 2 aromatic rings. The summed E-state index contributed by atoms with van der Waals surface area (Å²) in [6.45, 7) is 12.6. The Morgan fingerprint density at radius 2 is 1.43 bits per heavy atom. The van der Waals surface area contributed by atoms with E-state index in [9.17, 15) is 0 Å². The third-order valence-electron chi connectivity index (χ3n) is 5.11. The number of hydrogen-bond acceptors (Lipinski definition) is 3. The van der Waals surface area contributed by atoms with Crippen LogP contribution >= 0.6 is 0 Å². The second-order valence-electron chi connectivity index (χ2n) is 7.35. The van der Waals surface area contributed by atoms with E-state index in [1.807, 2.05) is 24.5 Å². The summed E-state index contributed by atoms with van der Waals surface area (Å²) < 4.78 is 12.4. The van der Waals surface area contributed by atoms with Crippen molar-refractivity contribution in [3.05, 3.63) is 47.8 Å². The predicted molar refractivity (Wildman–Crippen MR) is 94.9 cm³/mol. The van der Waals surface area contributed by atoms with E-state index in [2.05, 4.69) is 58.7 Å². The molecule has 1 fully saturated rings. The van der Waals surface area contributed by atoms with E-state index >= 15 is 0 Å². The number of aryl methyl sites for hydroxylation is 2. The van der Waals surface area contributed by atoms with Gasteiger partial charge in [0.15, 0.2) is 0 Å². The van der Waals surface area contributed by atoms with Crippen molar-refractivity contribution in [2.24, 2.45) is 0 Å². The molecular weight excluding hydrogens is 285 g/mol. The van der Waals surface area contributed by atoms with Gasteiger partial charge in [-0.2, -0.15) is 0 Å². The van der Waals surface area contributed by atoms with Gasteiger partial charge in [-0.3, -0.25) is 4.98 Å². The molecule has 0 saturated carbocycles. The van der Waals surface area contributed by atoms with Crippen LogP contribution in [0.4, 0.5) is 0 Å². The van der Waals surface area contributed by atoms with Gasteiger partial charge in [0, 0.05) is 12.4 Å². The molecule has 0 bridgehead atoms. The Morgan fingerprint density at radius 3 is 2.00 bits per heavy atom. The first kappa shape index (κ1) is 16.2. The lowest BCUT2D eigenvalue weighted by molar-refractivity contribution is 0.00578. The lowest BCUT2D eigenvalue weighted by Crippen LogP contribution is -2.41. The highest BCUT2D eigenvalue weighted by Gasteiger charge is 2.52. The van der Waals surface area contributed by atoms with Crippen LogP contribution in [0.5, 0.6) is 0 Å². The second kappa shape index (κ2) is 5.46. The van der Waals surface area contributed by atoms with Gasteiger partial charge in [-0.15, -0.1) is 0 Å². The van der Waals surface area contributed by atoms with Crippen molar-refractivity contribution in [2.45, 2.75) is 52.7 Å². The van der Waals surface area contributed by atoms with Gasteiger partial charge in [0.25, 0.3) is 0 Å². The highest BCUT2D eigenvalue weighted by Crippen LogP contribution is 2.37. The quantitative estimate of drug-likeness (QED) is 0.793. The van der Waals surface area contributed by atoms with Crippen LogP contribution in [-0.4, -0.2) is 23.3 Å². The van der Waals surface area contributed by atoms with Crippen LogP contribution in [-0.2, 0) is 9.31 Å². The van der Waals surface area contributed by atoms with Crippen molar-refractivity contribution in [3.8, 4) is 11.1 Å². The maximum atomic E-state index is 6.20. The highest BCUT2D eigenvalue weighted by atomic mass is 16.7. The summed E-state index contributed by atoms with van der Waals surface area (Å²) >= 11 is 0. The molecule has 3 nitrogen and oxygen atoms in total. The maximum Gasteiger partial charge on any atom is 0.495 e. The summed E-state index contributed by atoms with van der Waals surface area (Å²) in [6.07, 6.45) is 3.65. The number of benzene rings is 1. The maximum absolute atomic E-state index is 6.20. The van der Waals surface area contributed by atoms with E-state index in [0.717, 1.165) is 5.46 Å². The Bertz CT molecular complexity index is 710. The molecule has 0 aliphatic carbocycles. The van der Waals surface area contributed by atoms with Gasteiger partial charge < -0.3 is 9.31 Å². The van der Waals surface area contributed by atoms with E-state index < -0.39 is 0 Å². The van der Waals surface area contributed by atoms with Gasteiger partial charge in [0.05, 0.1) is 11.2 Å². The van der Waals surface area contributed by atoms with Crippen LogP contribution in [0.25, 0.3) is 11.1 Å². The molecule has 120 valence electrons. The first-order valence-electron chi connectivity index (χ1n) is 8.08. The first-order chi connectivity index (χ1) is 10.7. The summed E-state index contributed by atoms with van der Waals surface area (Å²) in [5.41, 5.74) is 5.28. The molecule has 0 radical (unpaired) electrons. The van der Waals surface area contributed by atoms with Crippen molar-refractivity contribution < 1.29 is 9.31 Å². The molecule has 0 unspecified atom stereocenters. The molecule has 0 N–H and O–H groups in total. The second-order valence-corrected chi connectivity index (χ2v) is 7.35. The fraction of sp³-hybridized carbons (Fsp3) is 0.421.